The summed E-state index contributed by atoms with van der Waals surface area (Å²) in [6.45, 7) is 7.45. The van der Waals surface area contributed by atoms with Crippen LogP contribution in [0.4, 0.5) is 9.18 Å². The van der Waals surface area contributed by atoms with Crippen molar-refractivity contribution in [2.75, 3.05) is 19.7 Å². The van der Waals surface area contributed by atoms with Gasteiger partial charge in [0.05, 0.1) is 13.2 Å². The smallest absolute Gasteiger partial charge is 0.410 e. The van der Waals surface area contributed by atoms with Crippen LogP contribution in [0, 0.1) is 0 Å². The number of esters is 1. The monoisotopic (exact) mass is 287 g/mol. The highest BCUT2D eigenvalue weighted by atomic mass is 19.1. The Morgan fingerprint density at radius 1 is 1.45 bits per heavy atom. The average Bonchev–Trinajstić information content (AvgIpc) is 2.29. The van der Waals surface area contributed by atoms with Crippen LogP contribution in [0.5, 0.6) is 0 Å². The van der Waals surface area contributed by atoms with Crippen LogP contribution in [-0.2, 0) is 14.3 Å². The fourth-order valence-corrected chi connectivity index (χ4v) is 1.81. The lowest BCUT2D eigenvalue weighted by Gasteiger charge is -2.32. The number of halogens is 1. The van der Waals surface area contributed by atoms with E-state index in [1.165, 1.54) is 11.0 Å². The van der Waals surface area contributed by atoms with Crippen LogP contribution in [0.1, 0.15) is 34.1 Å². The number of likely N-dealkylation sites (tertiary alicyclic amines) is 1. The minimum absolute atomic E-state index is 0.0971. The van der Waals surface area contributed by atoms with E-state index in [9.17, 15) is 14.0 Å². The lowest BCUT2D eigenvalue weighted by molar-refractivity contribution is -0.137. The summed E-state index contributed by atoms with van der Waals surface area (Å²) in [5.41, 5.74) is -0.243. The van der Waals surface area contributed by atoms with E-state index in [0.717, 1.165) is 0 Å². The number of nitrogens with zero attached hydrogens (tertiary/aromatic N) is 1. The van der Waals surface area contributed by atoms with Gasteiger partial charge in [0.1, 0.15) is 11.8 Å². The first kappa shape index (κ1) is 16.5. The normalized spacial score (nSPS) is 21.8. The number of carbonyl (C=O) groups is 2. The summed E-state index contributed by atoms with van der Waals surface area (Å²) in [5, 5.41) is 0. The van der Waals surface area contributed by atoms with E-state index in [4.69, 9.17) is 9.47 Å². The van der Waals surface area contributed by atoms with Gasteiger partial charge in [0.2, 0.25) is 0 Å². The molecule has 1 rings (SSSR count). The van der Waals surface area contributed by atoms with Crippen LogP contribution in [0.3, 0.4) is 0 Å². The molecule has 1 atom stereocenters. The molecule has 1 saturated heterocycles. The molecule has 0 spiro atoms. The molecule has 1 fully saturated rings. The molecule has 0 aromatic rings. The van der Waals surface area contributed by atoms with E-state index in [2.05, 4.69) is 0 Å². The molecule has 0 aliphatic carbocycles. The molecule has 0 saturated carbocycles. The first-order valence-corrected chi connectivity index (χ1v) is 6.72. The summed E-state index contributed by atoms with van der Waals surface area (Å²) >= 11 is 0. The van der Waals surface area contributed by atoms with Gasteiger partial charge < -0.3 is 14.4 Å². The van der Waals surface area contributed by atoms with Gasteiger partial charge in [-0.15, -0.1) is 0 Å². The predicted octanol–water partition coefficient (Wildman–Crippen LogP) is 2.45. The maximum Gasteiger partial charge on any atom is 0.410 e. The quantitative estimate of drug-likeness (QED) is 0.578. The summed E-state index contributed by atoms with van der Waals surface area (Å²) in [7, 11) is 0. The van der Waals surface area contributed by atoms with Gasteiger partial charge >= 0.3 is 12.1 Å². The van der Waals surface area contributed by atoms with Gasteiger partial charge in [0.25, 0.3) is 0 Å². The third-order valence-corrected chi connectivity index (χ3v) is 2.69. The van der Waals surface area contributed by atoms with Crippen molar-refractivity contribution < 1.29 is 23.5 Å². The topological polar surface area (TPSA) is 55.8 Å². The van der Waals surface area contributed by atoms with Crippen molar-refractivity contribution in [1.29, 1.82) is 0 Å². The molecular formula is C14H22FNO4. The van der Waals surface area contributed by atoms with Crippen molar-refractivity contribution in [3.05, 3.63) is 11.6 Å². The van der Waals surface area contributed by atoms with E-state index in [-0.39, 0.29) is 13.2 Å². The Morgan fingerprint density at radius 3 is 2.60 bits per heavy atom. The summed E-state index contributed by atoms with van der Waals surface area (Å²) in [6, 6.07) is 0. The van der Waals surface area contributed by atoms with Gasteiger partial charge in [-0.25, -0.2) is 14.0 Å². The molecule has 0 aromatic carbocycles. The zero-order valence-electron chi connectivity index (χ0n) is 12.4. The van der Waals surface area contributed by atoms with Crippen LogP contribution < -0.4 is 0 Å². The Bertz CT molecular complexity index is 400. The second kappa shape index (κ2) is 6.72. The number of rotatable bonds is 2. The molecule has 1 amide bonds. The minimum Gasteiger partial charge on any atom is -0.463 e. The zero-order chi connectivity index (χ0) is 15.3. The van der Waals surface area contributed by atoms with E-state index in [1.807, 2.05) is 0 Å². The van der Waals surface area contributed by atoms with Crippen LogP contribution in [-0.4, -0.2) is 48.4 Å². The number of amides is 1. The molecule has 1 aliphatic heterocycles. The Labute approximate surface area is 118 Å². The van der Waals surface area contributed by atoms with Gasteiger partial charge in [0.15, 0.2) is 0 Å². The lowest BCUT2D eigenvalue weighted by atomic mass is 10.0. The SMILES string of the molecule is CCOC(=O)/C=C1/CCN(C(=O)OC(C)(C)C)C[C@H]1F. The highest BCUT2D eigenvalue weighted by molar-refractivity contribution is 5.83. The van der Waals surface area contributed by atoms with Crippen LogP contribution in [0.2, 0.25) is 0 Å². The van der Waals surface area contributed by atoms with E-state index in [1.54, 1.807) is 27.7 Å². The van der Waals surface area contributed by atoms with Crippen LogP contribution in [0.25, 0.3) is 0 Å². The summed E-state index contributed by atoms with van der Waals surface area (Å²) in [6.07, 6.45) is -0.407. The number of alkyl halides is 1. The maximum absolute atomic E-state index is 14.0. The highest BCUT2D eigenvalue weighted by Gasteiger charge is 2.30. The fraction of sp³-hybridized carbons (Fsp3) is 0.714. The number of piperidine rings is 1. The summed E-state index contributed by atoms with van der Waals surface area (Å²) in [4.78, 5) is 24.4. The summed E-state index contributed by atoms with van der Waals surface area (Å²) < 4.78 is 23.9. The highest BCUT2D eigenvalue weighted by Crippen LogP contribution is 2.21. The second-order valence-corrected chi connectivity index (χ2v) is 5.62. The molecule has 0 N–H and O–H groups in total. The van der Waals surface area contributed by atoms with E-state index < -0.39 is 23.8 Å². The molecular weight excluding hydrogens is 265 g/mol. The number of hydrogen-bond donors (Lipinski definition) is 0. The Kier molecular flexibility index (Phi) is 5.53. The zero-order valence-corrected chi connectivity index (χ0v) is 12.4. The van der Waals surface area contributed by atoms with Crippen molar-refractivity contribution in [3.63, 3.8) is 0 Å². The molecule has 0 radical (unpaired) electrons. The van der Waals surface area contributed by atoms with Gasteiger partial charge in [-0.3, -0.25) is 0 Å². The van der Waals surface area contributed by atoms with Gasteiger partial charge in [-0.1, -0.05) is 0 Å². The van der Waals surface area contributed by atoms with Crippen molar-refractivity contribution in [3.8, 4) is 0 Å². The molecule has 0 unspecified atom stereocenters. The number of carbonyl (C=O) groups excluding carboxylic acids is 2. The van der Waals surface area contributed by atoms with Crippen LogP contribution >= 0.6 is 0 Å². The van der Waals surface area contributed by atoms with Crippen molar-refractivity contribution in [1.82, 2.24) is 4.90 Å². The van der Waals surface area contributed by atoms with Gasteiger partial charge in [-0.05, 0) is 39.7 Å². The van der Waals surface area contributed by atoms with Crippen molar-refractivity contribution >= 4 is 12.1 Å². The molecule has 5 nitrogen and oxygen atoms in total. The molecule has 20 heavy (non-hydrogen) atoms. The van der Waals surface area contributed by atoms with Gasteiger partial charge in [0, 0.05) is 12.6 Å². The Hall–Kier alpha value is -1.59. The Morgan fingerprint density at radius 2 is 2.10 bits per heavy atom. The van der Waals surface area contributed by atoms with E-state index >= 15 is 0 Å². The van der Waals surface area contributed by atoms with E-state index in [0.29, 0.717) is 18.5 Å². The lowest BCUT2D eigenvalue weighted by Crippen LogP contribution is -2.44. The molecule has 6 heteroatoms. The second-order valence-electron chi connectivity index (χ2n) is 5.62. The number of hydrogen-bond acceptors (Lipinski definition) is 4. The molecule has 1 heterocycles. The van der Waals surface area contributed by atoms with Crippen molar-refractivity contribution in [2.24, 2.45) is 0 Å². The first-order valence-electron chi connectivity index (χ1n) is 6.72. The largest absolute Gasteiger partial charge is 0.463 e. The third-order valence-electron chi connectivity index (χ3n) is 2.69. The van der Waals surface area contributed by atoms with Crippen LogP contribution in [0.15, 0.2) is 11.6 Å². The minimum atomic E-state index is -1.36. The predicted molar refractivity (Wildman–Crippen MR) is 72.0 cm³/mol. The standard InChI is InChI=1S/C14H22FNO4/c1-5-19-12(17)8-10-6-7-16(9-11(10)15)13(18)20-14(2,3)4/h8,11H,5-7,9H2,1-4H3/b10-8-/t11-/m1/s1. The van der Waals surface area contributed by atoms with Crippen molar-refractivity contribution in [2.45, 2.75) is 45.9 Å². The first-order chi connectivity index (χ1) is 9.23. The Balaban J connectivity index is 2.59. The fourth-order valence-electron chi connectivity index (χ4n) is 1.81. The summed E-state index contributed by atoms with van der Waals surface area (Å²) in [5.74, 6) is -0.545. The molecule has 0 aromatic heterocycles. The maximum atomic E-state index is 14.0. The van der Waals surface area contributed by atoms with Gasteiger partial charge in [-0.2, -0.15) is 0 Å². The molecule has 0 bridgehead atoms. The number of ether oxygens (including phenoxy) is 2. The molecule has 114 valence electrons. The average molecular weight is 287 g/mol. The molecule has 1 aliphatic rings. The third kappa shape index (κ3) is 5.19.